The van der Waals surface area contributed by atoms with Crippen LogP contribution in [-0.2, 0) is 5.54 Å². The Morgan fingerprint density at radius 1 is 1.37 bits per heavy atom. The number of nitrogens with one attached hydrogen (secondary N) is 1. The van der Waals surface area contributed by atoms with E-state index in [-0.39, 0.29) is 11.4 Å². The van der Waals surface area contributed by atoms with Gasteiger partial charge in [0.25, 0.3) is 5.91 Å². The molecular formula is C14H18N4O. The molecular weight excluding hydrogens is 240 g/mol. The van der Waals surface area contributed by atoms with Crippen LogP contribution in [0.2, 0.25) is 0 Å². The number of amides is 1. The molecule has 19 heavy (non-hydrogen) atoms. The minimum atomic E-state index is -0.189. The fraction of sp³-hybridized carbons (Fsp3) is 0.357. The molecule has 2 aromatic heterocycles. The van der Waals surface area contributed by atoms with Crippen molar-refractivity contribution < 1.29 is 4.79 Å². The first-order chi connectivity index (χ1) is 8.88. The lowest BCUT2D eigenvalue weighted by Crippen LogP contribution is -2.26. The number of nitrogens with zero attached hydrogens (tertiary/aromatic N) is 3. The lowest BCUT2D eigenvalue weighted by molar-refractivity contribution is 0.102. The van der Waals surface area contributed by atoms with Gasteiger partial charge in [0.15, 0.2) is 0 Å². The van der Waals surface area contributed by atoms with Gasteiger partial charge < -0.3 is 5.32 Å². The molecule has 2 aromatic rings. The predicted molar refractivity (Wildman–Crippen MR) is 74.2 cm³/mol. The van der Waals surface area contributed by atoms with E-state index in [1.807, 2.05) is 38.4 Å². The Bertz CT molecular complexity index is 581. The Morgan fingerprint density at radius 3 is 2.68 bits per heavy atom. The van der Waals surface area contributed by atoms with Crippen LogP contribution in [0.1, 0.15) is 36.8 Å². The van der Waals surface area contributed by atoms with Crippen LogP contribution in [0.25, 0.3) is 0 Å². The molecule has 1 N–H and O–H groups in total. The highest BCUT2D eigenvalue weighted by molar-refractivity contribution is 6.03. The summed E-state index contributed by atoms with van der Waals surface area (Å²) in [4.78, 5) is 16.1. The SMILES string of the molecule is Cc1cc(NC(=O)c2cccnc2)n(C(C)(C)C)n1. The van der Waals surface area contributed by atoms with Crippen LogP contribution < -0.4 is 5.32 Å². The van der Waals surface area contributed by atoms with Crippen molar-refractivity contribution in [2.45, 2.75) is 33.2 Å². The molecule has 5 nitrogen and oxygen atoms in total. The van der Waals surface area contributed by atoms with Crippen LogP contribution >= 0.6 is 0 Å². The van der Waals surface area contributed by atoms with Gasteiger partial charge in [-0.1, -0.05) is 0 Å². The third-order valence-corrected chi connectivity index (χ3v) is 2.63. The van der Waals surface area contributed by atoms with Gasteiger partial charge in [-0.05, 0) is 39.8 Å². The summed E-state index contributed by atoms with van der Waals surface area (Å²) in [7, 11) is 0. The predicted octanol–water partition coefficient (Wildman–Crippen LogP) is 2.59. The van der Waals surface area contributed by atoms with E-state index >= 15 is 0 Å². The number of anilines is 1. The zero-order valence-electron chi connectivity index (χ0n) is 11.6. The fourth-order valence-electron chi connectivity index (χ4n) is 1.79. The Hall–Kier alpha value is -2.17. The van der Waals surface area contributed by atoms with Gasteiger partial charge in [0, 0.05) is 18.5 Å². The molecule has 0 saturated heterocycles. The highest BCUT2D eigenvalue weighted by atomic mass is 16.1. The van der Waals surface area contributed by atoms with Crippen molar-refractivity contribution in [2.75, 3.05) is 5.32 Å². The zero-order valence-corrected chi connectivity index (χ0v) is 11.6. The molecule has 100 valence electrons. The largest absolute Gasteiger partial charge is 0.307 e. The van der Waals surface area contributed by atoms with E-state index in [1.54, 1.807) is 24.5 Å². The Morgan fingerprint density at radius 2 is 2.11 bits per heavy atom. The maximum Gasteiger partial charge on any atom is 0.258 e. The molecule has 1 amide bonds. The summed E-state index contributed by atoms with van der Waals surface area (Å²) < 4.78 is 1.82. The molecule has 2 heterocycles. The number of aromatic nitrogens is 3. The fourth-order valence-corrected chi connectivity index (χ4v) is 1.79. The van der Waals surface area contributed by atoms with Crippen LogP contribution in [-0.4, -0.2) is 20.7 Å². The first-order valence-corrected chi connectivity index (χ1v) is 6.16. The Labute approximate surface area is 112 Å². The van der Waals surface area contributed by atoms with Crippen molar-refractivity contribution in [2.24, 2.45) is 0 Å². The number of pyridine rings is 1. The number of carbonyl (C=O) groups is 1. The molecule has 5 heteroatoms. The maximum atomic E-state index is 12.1. The molecule has 0 aliphatic carbocycles. The summed E-state index contributed by atoms with van der Waals surface area (Å²) in [5.41, 5.74) is 1.21. The summed E-state index contributed by atoms with van der Waals surface area (Å²) in [5, 5.41) is 7.29. The second kappa shape index (κ2) is 4.84. The highest BCUT2D eigenvalue weighted by Crippen LogP contribution is 2.21. The van der Waals surface area contributed by atoms with Crippen LogP contribution in [0.5, 0.6) is 0 Å². The van der Waals surface area contributed by atoms with E-state index < -0.39 is 0 Å². The third kappa shape index (κ3) is 2.99. The van der Waals surface area contributed by atoms with E-state index in [2.05, 4.69) is 15.4 Å². The Balaban J connectivity index is 2.27. The minimum absolute atomic E-state index is 0.182. The van der Waals surface area contributed by atoms with Gasteiger partial charge in [0.05, 0.1) is 16.8 Å². The number of carbonyl (C=O) groups excluding carboxylic acids is 1. The normalized spacial score (nSPS) is 11.4. The van der Waals surface area contributed by atoms with Crippen LogP contribution in [0, 0.1) is 6.92 Å². The maximum absolute atomic E-state index is 12.1. The zero-order chi connectivity index (χ0) is 14.0. The van der Waals surface area contributed by atoms with Gasteiger partial charge in [-0.3, -0.25) is 9.78 Å². The Kier molecular flexibility index (Phi) is 3.38. The molecule has 0 aliphatic rings. The van der Waals surface area contributed by atoms with Crippen molar-refractivity contribution in [3.8, 4) is 0 Å². The summed E-state index contributed by atoms with van der Waals surface area (Å²) >= 11 is 0. The van der Waals surface area contributed by atoms with Gasteiger partial charge >= 0.3 is 0 Å². The monoisotopic (exact) mass is 258 g/mol. The molecule has 0 aliphatic heterocycles. The van der Waals surface area contributed by atoms with E-state index in [4.69, 9.17) is 0 Å². The highest BCUT2D eigenvalue weighted by Gasteiger charge is 2.20. The summed E-state index contributed by atoms with van der Waals surface area (Å²) in [6, 6.07) is 5.33. The smallest absolute Gasteiger partial charge is 0.258 e. The standard InChI is InChI=1S/C14H18N4O/c1-10-8-12(18(17-10)14(2,3)4)16-13(19)11-6-5-7-15-9-11/h5-9H,1-4H3,(H,16,19). The van der Waals surface area contributed by atoms with Crippen LogP contribution in [0.15, 0.2) is 30.6 Å². The van der Waals surface area contributed by atoms with Gasteiger partial charge in [0.2, 0.25) is 0 Å². The number of aryl methyl sites for hydroxylation is 1. The second-order valence-corrected chi connectivity index (χ2v) is 5.45. The number of hydrogen-bond donors (Lipinski definition) is 1. The summed E-state index contributed by atoms with van der Waals surface area (Å²) in [6.07, 6.45) is 3.18. The van der Waals surface area contributed by atoms with E-state index in [9.17, 15) is 4.79 Å². The number of hydrogen-bond acceptors (Lipinski definition) is 3. The van der Waals surface area contributed by atoms with E-state index in [1.165, 1.54) is 0 Å². The van der Waals surface area contributed by atoms with E-state index in [0.717, 1.165) is 5.69 Å². The first-order valence-electron chi connectivity index (χ1n) is 6.16. The molecule has 0 fully saturated rings. The topological polar surface area (TPSA) is 59.8 Å². The lowest BCUT2D eigenvalue weighted by atomic mass is 10.1. The van der Waals surface area contributed by atoms with Gasteiger partial charge in [-0.25, -0.2) is 4.68 Å². The minimum Gasteiger partial charge on any atom is -0.307 e. The van der Waals surface area contributed by atoms with Gasteiger partial charge in [-0.15, -0.1) is 0 Å². The third-order valence-electron chi connectivity index (χ3n) is 2.63. The molecule has 2 rings (SSSR count). The van der Waals surface area contributed by atoms with Crippen molar-refractivity contribution in [1.29, 1.82) is 0 Å². The van der Waals surface area contributed by atoms with Gasteiger partial charge in [0.1, 0.15) is 5.82 Å². The first kappa shape index (κ1) is 13.3. The van der Waals surface area contributed by atoms with Crippen LogP contribution in [0.4, 0.5) is 5.82 Å². The molecule has 0 spiro atoms. The average molecular weight is 258 g/mol. The van der Waals surface area contributed by atoms with Crippen molar-refractivity contribution in [3.05, 3.63) is 41.9 Å². The molecule has 0 radical (unpaired) electrons. The molecule has 0 bridgehead atoms. The molecule has 0 aromatic carbocycles. The quantitative estimate of drug-likeness (QED) is 0.900. The summed E-state index contributed by atoms with van der Waals surface area (Å²) in [5.74, 6) is 0.511. The van der Waals surface area contributed by atoms with E-state index in [0.29, 0.717) is 11.4 Å². The van der Waals surface area contributed by atoms with Crippen molar-refractivity contribution in [3.63, 3.8) is 0 Å². The second-order valence-electron chi connectivity index (χ2n) is 5.45. The molecule has 0 saturated carbocycles. The van der Waals surface area contributed by atoms with Crippen molar-refractivity contribution in [1.82, 2.24) is 14.8 Å². The lowest BCUT2D eigenvalue weighted by Gasteiger charge is -2.22. The summed E-state index contributed by atoms with van der Waals surface area (Å²) in [6.45, 7) is 8.03. The van der Waals surface area contributed by atoms with Crippen LogP contribution in [0.3, 0.4) is 0 Å². The number of rotatable bonds is 2. The van der Waals surface area contributed by atoms with Crippen molar-refractivity contribution >= 4 is 11.7 Å². The average Bonchev–Trinajstić information content (AvgIpc) is 2.71. The molecule has 0 atom stereocenters. The molecule has 0 unspecified atom stereocenters. The van der Waals surface area contributed by atoms with Gasteiger partial charge in [-0.2, -0.15) is 5.10 Å².